The Morgan fingerprint density at radius 3 is 2.86 bits per heavy atom. The lowest BCUT2D eigenvalue weighted by molar-refractivity contribution is 0.591. The summed E-state index contributed by atoms with van der Waals surface area (Å²) in [5, 5.41) is 6.18. The van der Waals surface area contributed by atoms with Gasteiger partial charge in [-0.05, 0) is 54.2 Å². The predicted octanol–water partition coefficient (Wildman–Crippen LogP) is 5.84. The molecule has 2 heterocycles. The summed E-state index contributed by atoms with van der Waals surface area (Å²) in [4.78, 5) is 1.18. The molecule has 3 aromatic rings. The van der Waals surface area contributed by atoms with Crippen LogP contribution in [0.3, 0.4) is 0 Å². The van der Waals surface area contributed by atoms with Crippen LogP contribution >= 0.6 is 34.3 Å². The lowest BCUT2D eigenvalue weighted by Crippen LogP contribution is -2.22. The van der Waals surface area contributed by atoms with E-state index in [4.69, 9.17) is 11.6 Å². The van der Waals surface area contributed by atoms with Crippen LogP contribution in [0.1, 0.15) is 29.8 Å². The molecule has 1 atom stereocenters. The molecule has 0 bridgehead atoms. The molecule has 1 aromatic carbocycles. The number of thiophene rings is 2. The first-order chi connectivity index (χ1) is 10.2. The highest BCUT2D eigenvalue weighted by molar-refractivity contribution is 7.27. The summed E-state index contributed by atoms with van der Waals surface area (Å²) in [7, 11) is 0. The largest absolute Gasteiger partial charge is 0.306 e. The zero-order valence-corrected chi connectivity index (χ0v) is 13.9. The van der Waals surface area contributed by atoms with E-state index in [9.17, 15) is 4.39 Å². The molecule has 3 rings (SSSR count). The average Bonchev–Trinajstić information content (AvgIpc) is 3.04. The van der Waals surface area contributed by atoms with Crippen LogP contribution in [-0.4, -0.2) is 6.54 Å². The van der Waals surface area contributed by atoms with Crippen molar-refractivity contribution < 1.29 is 4.39 Å². The minimum Gasteiger partial charge on any atom is -0.306 e. The molecule has 0 amide bonds. The summed E-state index contributed by atoms with van der Waals surface area (Å²) in [6.07, 6.45) is 1.02. The first-order valence-electron chi connectivity index (χ1n) is 6.84. The number of benzene rings is 1. The lowest BCUT2D eigenvalue weighted by atomic mass is 10.0. The van der Waals surface area contributed by atoms with Gasteiger partial charge in [0.25, 0.3) is 0 Å². The molecule has 0 aliphatic heterocycles. The molecule has 21 heavy (non-hydrogen) atoms. The lowest BCUT2D eigenvalue weighted by Gasteiger charge is -2.19. The van der Waals surface area contributed by atoms with Gasteiger partial charge in [-0.2, -0.15) is 0 Å². The highest BCUT2D eigenvalue weighted by Gasteiger charge is 2.19. The van der Waals surface area contributed by atoms with Crippen molar-refractivity contribution in [3.8, 4) is 0 Å². The van der Waals surface area contributed by atoms with Crippen molar-refractivity contribution >= 4 is 43.7 Å². The van der Waals surface area contributed by atoms with Crippen LogP contribution < -0.4 is 5.32 Å². The average molecular weight is 340 g/mol. The van der Waals surface area contributed by atoms with Gasteiger partial charge in [0.2, 0.25) is 0 Å². The quantitative estimate of drug-likeness (QED) is 0.615. The fraction of sp³-hybridized carbons (Fsp3) is 0.250. The third kappa shape index (κ3) is 3.14. The van der Waals surface area contributed by atoms with Crippen molar-refractivity contribution in [2.75, 3.05) is 6.54 Å². The third-order valence-corrected chi connectivity index (χ3v) is 5.81. The molecular formula is C16H15ClFNS2. The van der Waals surface area contributed by atoms with E-state index in [0.29, 0.717) is 5.02 Å². The van der Waals surface area contributed by atoms with Crippen molar-refractivity contribution in [3.05, 3.63) is 57.0 Å². The number of hydrogen-bond donors (Lipinski definition) is 1. The molecule has 0 aliphatic carbocycles. The second-order valence-corrected chi connectivity index (χ2v) is 7.32. The summed E-state index contributed by atoms with van der Waals surface area (Å²) in [5.74, 6) is -0.254. The highest BCUT2D eigenvalue weighted by Crippen LogP contribution is 2.37. The second-order valence-electron chi connectivity index (χ2n) is 4.85. The maximum absolute atomic E-state index is 13.6. The number of nitrogens with one attached hydrogen (secondary N) is 1. The first kappa shape index (κ1) is 15.0. The Balaban J connectivity index is 2.04. The molecule has 0 saturated carbocycles. The monoisotopic (exact) mass is 339 g/mol. The minimum atomic E-state index is -0.254. The summed E-state index contributed by atoms with van der Waals surface area (Å²) in [5.41, 5.74) is 0.805. The maximum atomic E-state index is 13.6. The van der Waals surface area contributed by atoms with E-state index in [0.717, 1.165) is 18.5 Å². The van der Waals surface area contributed by atoms with Gasteiger partial charge in [-0.25, -0.2) is 4.39 Å². The van der Waals surface area contributed by atoms with Gasteiger partial charge in [0, 0.05) is 19.3 Å². The van der Waals surface area contributed by atoms with Crippen LogP contribution in [0.4, 0.5) is 4.39 Å². The van der Waals surface area contributed by atoms with E-state index in [1.54, 1.807) is 28.7 Å². The Bertz CT molecular complexity index is 721. The van der Waals surface area contributed by atoms with E-state index in [-0.39, 0.29) is 11.9 Å². The molecule has 1 N–H and O–H groups in total. The molecule has 1 unspecified atom stereocenters. The van der Waals surface area contributed by atoms with E-state index < -0.39 is 0 Å². The molecule has 0 spiro atoms. The van der Waals surface area contributed by atoms with Crippen molar-refractivity contribution in [2.24, 2.45) is 0 Å². The highest BCUT2D eigenvalue weighted by atomic mass is 35.5. The van der Waals surface area contributed by atoms with E-state index >= 15 is 0 Å². The Morgan fingerprint density at radius 2 is 2.10 bits per heavy atom. The molecule has 5 heteroatoms. The maximum Gasteiger partial charge on any atom is 0.123 e. The molecule has 0 saturated heterocycles. The Morgan fingerprint density at radius 1 is 1.24 bits per heavy atom. The van der Waals surface area contributed by atoms with Gasteiger partial charge in [-0.3, -0.25) is 0 Å². The fourth-order valence-corrected chi connectivity index (χ4v) is 4.76. The van der Waals surface area contributed by atoms with Gasteiger partial charge in [-0.1, -0.05) is 18.5 Å². The van der Waals surface area contributed by atoms with Gasteiger partial charge in [0.05, 0.1) is 6.04 Å². The van der Waals surface area contributed by atoms with Crippen molar-refractivity contribution in [3.63, 3.8) is 0 Å². The Labute approximate surface area is 136 Å². The normalized spacial score (nSPS) is 12.9. The van der Waals surface area contributed by atoms with Crippen LogP contribution in [0.5, 0.6) is 0 Å². The van der Waals surface area contributed by atoms with E-state index in [1.165, 1.54) is 26.4 Å². The third-order valence-electron chi connectivity index (χ3n) is 3.31. The predicted molar refractivity (Wildman–Crippen MR) is 91.2 cm³/mol. The van der Waals surface area contributed by atoms with Gasteiger partial charge >= 0.3 is 0 Å². The Hall–Kier alpha value is -0.940. The fourth-order valence-electron chi connectivity index (χ4n) is 2.32. The van der Waals surface area contributed by atoms with Crippen LogP contribution in [-0.2, 0) is 0 Å². The first-order valence-corrected chi connectivity index (χ1v) is 8.91. The zero-order valence-electron chi connectivity index (χ0n) is 11.5. The summed E-state index contributed by atoms with van der Waals surface area (Å²) < 4.78 is 16.1. The smallest absolute Gasteiger partial charge is 0.123 e. The van der Waals surface area contributed by atoms with Gasteiger partial charge in [0.15, 0.2) is 0 Å². The van der Waals surface area contributed by atoms with Crippen LogP contribution in [0.15, 0.2) is 35.7 Å². The second kappa shape index (κ2) is 6.44. The van der Waals surface area contributed by atoms with Gasteiger partial charge in [0.1, 0.15) is 5.82 Å². The van der Waals surface area contributed by atoms with Crippen molar-refractivity contribution in [2.45, 2.75) is 19.4 Å². The van der Waals surface area contributed by atoms with Crippen molar-refractivity contribution in [1.82, 2.24) is 5.32 Å². The molecule has 0 aliphatic rings. The summed E-state index contributed by atoms with van der Waals surface area (Å²) >= 11 is 9.76. The van der Waals surface area contributed by atoms with Crippen LogP contribution in [0.25, 0.3) is 9.40 Å². The number of fused-ring (bicyclic) bond motifs is 1. The molecular weight excluding hydrogens is 325 g/mol. The van der Waals surface area contributed by atoms with Crippen LogP contribution in [0.2, 0.25) is 5.02 Å². The number of hydrogen-bond acceptors (Lipinski definition) is 3. The van der Waals surface area contributed by atoms with E-state index in [2.05, 4.69) is 29.8 Å². The molecule has 2 aromatic heterocycles. The molecule has 1 nitrogen and oxygen atoms in total. The van der Waals surface area contributed by atoms with E-state index in [1.807, 2.05) is 0 Å². The van der Waals surface area contributed by atoms with Gasteiger partial charge < -0.3 is 5.32 Å². The number of halogens is 2. The van der Waals surface area contributed by atoms with Crippen LogP contribution in [0, 0.1) is 5.82 Å². The Kier molecular flexibility index (Phi) is 4.60. The molecule has 0 fully saturated rings. The van der Waals surface area contributed by atoms with Crippen molar-refractivity contribution in [1.29, 1.82) is 0 Å². The standard InChI is InChI=1S/C16H15ClFNS2/c1-2-6-19-16(11-8-10(18)3-4-12(11)17)15-9-14-13(21-15)5-7-20-14/h3-5,7-9,16,19H,2,6H2,1H3. The summed E-state index contributed by atoms with van der Waals surface area (Å²) in [6.45, 7) is 2.98. The van der Waals surface area contributed by atoms with Gasteiger partial charge in [-0.15, -0.1) is 22.7 Å². The number of rotatable bonds is 5. The molecule has 0 radical (unpaired) electrons. The molecule has 110 valence electrons. The summed E-state index contributed by atoms with van der Waals surface area (Å²) in [6, 6.07) is 8.80. The topological polar surface area (TPSA) is 12.0 Å². The minimum absolute atomic E-state index is 0.0576. The SMILES string of the molecule is CCCNC(c1cc2sccc2s1)c1cc(F)ccc1Cl. The zero-order chi connectivity index (χ0) is 14.8.